The van der Waals surface area contributed by atoms with E-state index >= 15 is 0 Å². The van der Waals surface area contributed by atoms with Crippen LogP contribution in [0.15, 0.2) is 42.5 Å². The minimum absolute atomic E-state index is 0. The molecule has 2 aromatic carbocycles. The number of nitrogen functional groups attached to an aromatic ring is 1. The van der Waals surface area contributed by atoms with E-state index in [9.17, 15) is 9.18 Å². The molecule has 116 valence electrons. The number of ether oxygens (including phenoxy) is 1. The summed E-state index contributed by atoms with van der Waals surface area (Å²) < 4.78 is 19.2. The topological polar surface area (TPSA) is 88.2 Å². The fourth-order valence-electron chi connectivity index (χ4n) is 1.79. The zero-order chi connectivity index (χ0) is 15.4. The Balaban J connectivity index is 0.00000242. The number of hydrogen-bond donors (Lipinski definition) is 3. The van der Waals surface area contributed by atoms with Crippen molar-refractivity contribution in [2.45, 2.75) is 6.92 Å². The highest BCUT2D eigenvalue weighted by molar-refractivity contribution is 5.98. The van der Waals surface area contributed by atoms with Crippen LogP contribution in [0.2, 0.25) is 0 Å². The molecule has 0 saturated carbocycles. The van der Waals surface area contributed by atoms with E-state index in [2.05, 4.69) is 5.32 Å². The monoisotopic (exact) mass is 323 g/mol. The number of rotatable bonds is 4. The molecule has 0 spiro atoms. The van der Waals surface area contributed by atoms with Gasteiger partial charge in [-0.25, -0.2) is 4.39 Å². The van der Waals surface area contributed by atoms with Gasteiger partial charge in [0, 0.05) is 12.6 Å². The summed E-state index contributed by atoms with van der Waals surface area (Å²) >= 11 is 0. The summed E-state index contributed by atoms with van der Waals surface area (Å²) in [6.45, 7) is 1.41. The molecule has 1 amide bonds. The first kappa shape index (κ1) is 17.5. The fraction of sp³-hybridized carbons (Fsp3) is 0.0667. The predicted octanol–water partition coefficient (Wildman–Crippen LogP) is 3.28. The lowest BCUT2D eigenvalue weighted by Gasteiger charge is -2.11. The van der Waals surface area contributed by atoms with Gasteiger partial charge in [-0.2, -0.15) is 0 Å². The minimum atomic E-state index is -0.616. The normalized spacial score (nSPS) is 9.55. The number of nitrogens with two attached hydrogens (primary N) is 1. The molecule has 0 unspecified atom stereocenters. The number of benzene rings is 2. The first-order valence-electron chi connectivity index (χ1n) is 6.16. The Morgan fingerprint density at radius 3 is 2.41 bits per heavy atom. The van der Waals surface area contributed by atoms with Crippen LogP contribution in [-0.2, 0) is 4.79 Å². The van der Waals surface area contributed by atoms with Gasteiger partial charge < -0.3 is 15.8 Å². The van der Waals surface area contributed by atoms with Gasteiger partial charge in [0.1, 0.15) is 23.2 Å². The Morgan fingerprint density at radius 2 is 1.86 bits per heavy atom. The lowest BCUT2D eigenvalue weighted by atomic mass is 10.1. The largest absolute Gasteiger partial charge is 0.456 e. The minimum Gasteiger partial charge on any atom is -0.456 e. The van der Waals surface area contributed by atoms with Crippen molar-refractivity contribution >= 4 is 29.8 Å². The summed E-state index contributed by atoms with van der Waals surface area (Å²) in [5.41, 5.74) is 5.91. The molecule has 0 aliphatic heterocycles. The van der Waals surface area contributed by atoms with Gasteiger partial charge in [-0.05, 0) is 36.4 Å². The summed E-state index contributed by atoms with van der Waals surface area (Å²) in [6, 6.07) is 10.8. The van der Waals surface area contributed by atoms with Crippen LogP contribution in [0.25, 0.3) is 0 Å². The zero-order valence-electron chi connectivity index (χ0n) is 11.7. The average Bonchev–Trinajstić information content (AvgIpc) is 2.40. The van der Waals surface area contributed by atoms with E-state index in [4.69, 9.17) is 15.9 Å². The Labute approximate surface area is 133 Å². The van der Waals surface area contributed by atoms with Crippen LogP contribution in [0.1, 0.15) is 12.5 Å². The van der Waals surface area contributed by atoms with Crippen molar-refractivity contribution in [1.82, 2.24) is 0 Å². The first-order valence-corrected chi connectivity index (χ1v) is 6.16. The van der Waals surface area contributed by atoms with Crippen LogP contribution in [0.4, 0.5) is 10.1 Å². The van der Waals surface area contributed by atoms with E-state index in [1.165, 1.54) is 25.1 Å². The van der Waals surface area contributed by atoms with E-state index in [0.29, 0.717) is 11.4 Å². The van der Waals surface area contributed by atoms with E-state index in [0.717, 1.165) is 0 Å². The Morgan fingerprint density at radius 1 is 1.23 bits per heavy atom. The zero-order valence-corrected chi connectivity index (χ0v) is 12.5. The van der Waals surface area contributed by atoms with Crippen molar-refractivity contribution in [1.29, 1.82) is 5.41 Å². The van der Waals surface area contributed by atoms with Gasteiger partial charge >= 0.3 is 0 Å². The second-order valence-corrected chi connectivity index (χ2v) is 4.33. The standard InChI is InChI=1S/C15H14FN3O2.ClH/c1-9(20)19-10-5-7-11(8-6-10)21-13-4-2-3-12(16)14(13)15(17)18;/h2-8H,1H3,(H3,17,18)(H,19,20);1H. The quantitative estimate of drug-likeness (QED) is 0.596. The number of halogens is 2. The smallest absolute Gasteiger partial charge is 0.221 e. The van der Waals surface area contributed by atoms with E-state index in [-0.39, 0.29) is 29.6 Å². The Kier molecular flexibility index (Phi) is 5.89. The highest BCUT2D eigenvalue weighted by Crippen LogP contribution is 2.27. The van der Waals surface area contributed by atoms with Gasteiger partial charge in [0.15, 0.2) is 0 Å². The maximum absolute atomic E-state index is 13.7. The second-order valence-electron chi connectivity index (χ2n) is 4.33. The van der Waals surface area contributed by atoms with Crippen LogP contribution in [-0.4, -0.2) is 11.7 Å². The number of carbonyl (C=O) groups is 1. The Bertz CT molecular complexity index is 690. The first-order chi connectivity index (χ1) is 9.97. The van der Waals surface area contributed by atoms with Gasteiger partial charge in [-0.1, -0.05) is 6.07 Å². The molecule has 0 aliphatic rings. The molecule has 7 heteroatoms. The number of amides is 1. The molecule has 0 bridgehead atoms. The maximum atomic E-state index is 13.7. The van der Waals surface area contributed by atoms with Crippen molar-refractivity contribution in [3.8, 4) is 11.5 Å². The maximum Gasteiger partial charge on any atom is 0.221 e. The lowest BCUT2D eigenvalue weighted by molar-refractivity contribution is -0.114. The Hall–Kier alpha value is -2.60. The molecule has 0 atom stereocenters. The summed E-state index contributed by atoms with van der Waals surface area (Å²) in [5, 5.41) is 10.0. The molecule has 0 aromatic heterocycles. The van der Waals surface area contributed by atoms with Crippen LogP contribution in [0, 0.1) is 11.2 Å². The highest BCUT2D eigenvalue weighted by atomic mass is 35.5. The van der Waals surface area contributed by atoms with Gasteiger partial charge in [0.05, 0.1) is 5.56 Å². The van der Waals surface area contributed by atoms with Crippen LogP contribution in [0.5, 0.6) is 11.5 Å². The van der Waals surface area contributed by atoms with E-state index in [1.807, 2.05) is 0 Å². The lowest BCUT2D eigenvalue weighted by Crippen LogP contribution is -2.14. The van der Waals surface area contributed by atoms with Crippen molar-refractivity contribution in [3.05, 3.63) is 53.8 Å². The fourth-order valence-corrected chi connectivity index (χ4v) is 1.79. The predicted molar refractivity (Wildman–Crippen MR) is 85.5 cm³/mol. The molecule has 22 heavy (non-hydrogen) atoms. The van der Waals surface area contributed by atoms with Crippen LogP contribution < -0.4 is 15.8 Å². The number of anilines is 1. The van der Waals surface area contributed by atoms with Crippen LogP contribution >= 0.6 is 12.4 Å². The molecule has 4 N–H and O–H groups in total. The molecule has 2 rings (SSSR count). The third kappa shape index (κ3) is 4.20. The molecule has 5 nitrogen and oxygen atoms in total. The van der Waals surface area contributed by atoms with E-state index < -0.39 is 11.7 Å². The molecular weight excluding hydrogens is 309 g/mol. The third-order valence-electron chi connectivity index (χ3n) is 2.65. The van der Waals surface area contributed by atoms with Crippen molar-refractivity contribution in [3.63, 3.8) is 0 Å². The van der Waals surface area contributed by atoms with Gasteiger partial charge in [0.2, 0.25) is 5.91 Å². The SMILES string of the molecule is CC(=O)Nc1ccc(Oc2cccc(F)c2C(=N)N)cc1.Cl. The van der Waals surface area contributed by atoms with Crippen LogP contribution in [0.3, 0.4) is 0 Å². The number of carbonyl (C=O) groups excluding carboxylic acids is 1. The second kappa shape index (κ2) is 7.42. The van der Waals surface area contributed by atoms with Crippen molar-refractivity contribution in [2.24, 2.45) is 5.73 Å². The average molecular weight is 324 g/mol. The number of nitrogens with one attached hydrogen (secondary N) is 2. The van der Waals surface area contributed by atoms with Crippen molar-refractivity contribution in [2.75, 3.05) is 5.32 Å². The third-order valence-corrected chi connectivity index (χ3v) is 2.65. The summed E-state index contributed by atoms with van der Waals surface area (Å²) in [6.07, 6.45) is 0. The molecule has 0 fully saturated rings. The summed E-state index contributed by atoms with van der Waals surface area (Å²) in [4.78, 5) is 10.9. The number of hydrogen-bond acceptors (Lipinski definition) is 3. The summed E-state index contributed by atoms with van der Waals surface area (Å²) in [5.74, 6) is -0.590. The van der Waals surface area contributed by atoms with Gasteiger partial charge in [0.25, 0.3) is 0 Å². The van der Waals surface area contributed by atoms with E-state index in [1.54, 1.807) is 24.3 Å². The highest BCUT2D eigenvalue weighted by Gasteiger charge is 2.13. The number of amidine groups is 1. The molecule has 0 aliphatic carbocycles. The van der Waals surface area contributed by atoms with Crippen molar-refractivity contribution < 1.29 is 13.9 Å². The van der Waals surface area contributed by atoms with Gasteiger partial charge in [-0.3, -0.25) is 10.2 Å². The molecular formula is C15H15ClFN3O2. The summed E-state index contributed by atoms with van der Waals surface area (Å²) in [7, 11) is 0. The van der Waals surface area contributed by atoms with Gasteiger partial charge in [-0.15, -0.1) is 12.4 Å². The molecule has 0 radical (unpaired) electrons. The molecule has 0 saturated heterocycles. The molecule has 2 aromatic rings. The molecule has 0 heterocycles.